The molecule has 4 saturated carbocycles. The summed E-state index contributed by atoms with van der Waals surface area (Å²) in [6, 6.07) is 82.8. The fourth-order valence-electron chi connectivity index (χ4n) is 14.1. The third-order valence-corrected chi connectivity index (χ3v) is 16.9. The number of aryl methyl sites for hydroxylation is 1. The van der Waals surface area contributed by atoms with Gasteiger partial charge in [-0.1, -0.05) is 175 Å². The van der Waals surface area contributed by atoms with Crippen molar-refractivity contribution in [1.29, 1.82) is 0 Å². The van der Waals surface area contributed by atoms with Crippen LogP contribution >= 0.6 is 0 Å². The Hall–Kier alpha value is -7.48. The van der Waals surface area contributed by atoms with E-state index in [1.54, 1.807) is 11.1 Å². The Labute approximate surface area is 400 Å². The second kappa shape index (κ2) is 15.5. The van der Waals surface area contributed by atoms with Gasteiger partial charge >= 0.3 is 0 Å². The molecule has 0 amide bonds. The van der Waals surface area contributed by atoms with Crippen molar-refractivity contribution in [1.82, 2.24) is 0 Å². The van der Waals surface area contributed by atoms with Crippen LogP contribution in [0.1, 0.15) is 48.8 Å². The standard InChI is InChI=1S/C67H53N/c1-43-19-20-48-21-22-52(39-54(48)33-43)53-27-32-62-64(40-53)67(55-35-44-34-45(37-55)38-56(67)36-44)65-42-59(41-63(66(62)65)50-13-6-3-7-14-50)68(57-28-23-47(24-29-57)46-11-4-2-5-12-46)58-30-25-51(26-31-58)61-18-10-16-49-15-8-9-17-60(49)61/h2-33,39-42,44-45,55-56H,34-38H2,1H3. The van der Waals surface area contributed by atoms with Crippen LogP contribution in [-0.4, -0.2) is 0 Å². The molecule has 68 heavy (non-hydrogen) atoms. The summed E-state index contributed by atoms with van der Waals surface area (Å²) in [6.45, 7) is 2.20. The summed E-state index contributed by atoms with van der Waals surface area (Å²) in [5.41, 5.74) is 21.0. The van der Waals surface area contributed by atoms with Crippen molar-refractivity contribution in [2.75, 3.05) is 4.90 Å². The molecule has 0 radical (unpaired) electrons. The molecule has 15 rings (SSSR count). The van der Waals surface area contributed by atoms with Crippen LogP contribution in [0.2, 0.25) is 0 Å². The fraction of sp³-hybridized carbons (Fsp3) is 0.164. The zero-order valence-corrected chi connectivity index (χ0v) is 38.6. The first kappa shape index (κ1) is 39.7. The summed E-state index contributed by atoms with van der Waals surface area (Å²) >= 11 is 0. The number of nitrogens with zero attached hydrogens (tertiary/aromatic N) is 1. The van der Waals surface area contributed by atoms with Crippen molar-refractivity contribution in [2.45, 2.75) is 44.4 Å². The molecule has 0 aliphatic heterocycles. The maximum Gasteiger partial charge on any atom is 0.0471 e. The molecule has 1 heteroatoms. The van der Waals surface area contributed by atoms with Gasteiger partial charge in [-0.05, 0) is 200 Å². The third-order valence-electron chi connectivity index (χ3n) is 16.9. The van der Waals surface area contributed by atoms with Gasteiger partial charge in [0, 0.05) is 22.5 Å². The molecular formula is C67H53N. The molecule has 326 valence electrons. The largest absolute Gasteiger partial charge is 0.310 e. The molecule has 0 unspecified atom stereocenters. The van der Waals surface area contributed by atoms with Crippen LogP contribution in [0.25, 0.3) is 77.2 Å². The average molecular weight is 872 g/mol. The van der Waals surface area contributed by atoms with E-state index in [4.69, 9.17) is 0 Å². The van der Waals surface area contributed by atoms with Crippen LogP contribution in [0.3, 0.4) is 0 Å². The summed E-state index contributed by atoms with van der Waals surface area (Å²) in [5, 5.41) is 5.16. The monoisotopic (exact) mass is 871 g/mol. The van der Waals surface area contributed by atoms with Crippen molar-refractivity contribution in [3.05, 3.63) is 235 Å². The van der Waals surface area contributed by atoms with E-state index in [0.717, 1.165) is 23.2 Å². The van der Waals surface area contributed by atoms with Crippen LogP contribution < -0.4 is 4.90 Å². The number of benzene rings is 10. The fourth-order valence-corrected chi connectivity index (χ4v) is 14.1. The quantitative estimate of drug-likeness (QED) is 0.154. The van der Waals surface area contributed by atoms with Crippen LogP contribution in [0.15, 0.2) is 218 Å². The van der Waals surface area contributed by atoms with Crippen molar-refractivity contribution in [3.63, 3.8) is 0 Å². The lowest BCUT2D eigenvalue weighted by Crippen LogP contribution is -2.55. The van der Waals surface area contributed by atoms with E-state index in [1.807, 2.05) is 0 Å². The summed E-state index contributed by atoms with van der Waals surface area (Å²) in [4.78, 5) is 2.55. The van der Waals surface area contributed by atoms with Crippen LogP contribution in [-0.2, 0) is 5.41 Å². The van der Waals surface area contributed by atoms with Crippen LogP contribution in [0, 0.1) is 30.6 Å². The Bertz CT molecular complexity index is 3530. The maximum absolute atomic E-state index is 2.67. The SMILES string of the molecule is Cc1ccc2ccc(-c3ccc4c(c3)C3(c5cc(N(c6ccc(-c7ccccc7)cc6)c6ccc(-c7cccc8ccccc78)cc6)cc(-c6ccccc6)c5-4)C4CC5CC(C4)CC3C5)cc2c1. The maximum atomic E-state index is 2.67. The molecule has 10 aromatic carbocycles. The number of anilines is 3. The highest BCUT2D eigenvalue weighted by Crippen LogP contribution is 2.71. The highest BCUT2D eigenvalue weighted by atomic mass is 15.1. The Kier molecular flexibility index (Phi) is 9.07. The topological polar surface area (TPSA) is 3.24 Å². The van der Waals surface area contributed by atoms with Crippen molar-refractivity contribution in [3.8, 4) is 55.6 Å². The third kappa shape index (κ3) is 6.21. The molecule has 0 saturated heterocycles. The predicted molar refractivity (Wildman–Crippen MR) is 286 cm³/mol. The zero-order valence-electron chi connectivity index (χ0n) is 38.6. The first-order valence-electron chi connectivity index (χ1n) is 25.0. The molecule has 1 spiro atoms. The Morgan fingerprint density at radius 2 is 0.926 bits per heavy atom. The molecule has 0 atom stereocenters. The van der Waals surface area contributed by atoms with E-state index in [2.05, 4.69) is 230 Å². The van der Waals surface area contributed by atoms with E-state index in [9.17, 15) is 0 Å². The number of rotatable bonds is 7. The van der Waals surface area contributed by atoms with Gasteiger partial charge in [0.15, 0.2) is 0 Å². The summed E-state index contributed by atoms with van der Waals surface area (Å²) in [6.07, 6.45) is 6.75. The number of fused-ring (bicyclic) bond motifs is 5. The van der Waals surface area contributed by atoms with Crippen LogP contribution in [0.4, 0.5) is 17.1 Å². The van der Waals surface area contributed by atoms with E-state index in [1.165, 1.54) is 121 Å². The second-order valence-electron chi connectivity index (χ2n) is 20.6. The lowest BCUT2D eigenvalue weighted by molar-refractivity contribution is -0.0399. The smallest absolute Gasteiger partial charge is 0.0471 e. The van der Waals surface area contributed by atoms with E-state index in [0.29, 0.717) is 11.8 Å². The normalized spacial score (nSPS) is 20.8. The van der Waals surface area contributed by atoms with Gasteiger partial charge in [-0.3, -0.25) is 0 Å². The van der Waals surface area contributed by atoms with Gasteiger partial charge in [0.2, 0.25) is 0 Å². The Balaban J connectivity index is 0.993. The van der Waals surface area contributed by atoms with E-state index < -0.39 is 0 Å². The van der Waals surface area contributed by atoms with Crippen molar-refractivity contribution >= 4 is 38.6 Å². The molecule has 10 aromatic rings. The highest BCUT2D eigenvalue weighted by Gasteiger charge is 2.62. The van der Waals surface area contributed by atoms with Crippen LogP contribution in [0.5, 0.6) is 0 Å². The molecule has 5 aliphatic carbocycles. The van der Waals surface area contributed by atoms with E-state index >= 15 is 0 Å². The van der Waals surface area contributed by atoms with Gasteiger partial charge in [0.1, 0.15) is 0 Å². The summed E-state index contributed by atoms with van der Waals surface area (Å²) in [7, 11) is 0. The number of hydrogen-bond donors (Lipinski definition) is 0. The van der Waals surface area contributed by atoms with Crippen molar-refractivity contribution < 1.29 is 0 Å². The van der Waals surface area contributed by atoms with Gasteiger partial charge in [-0.25, -0.2) is 0 Å². The minimum absolute atomic E-state index is 0.0534. The molecule has 5 aliphatic rings. The molecule has 0 N–H and O–H groups in total. The Morgan fingerprint density at radius 1 is 0.353 bits per heavy atom. The molecular weight excluding hydrogens is 819 g/mol. The molecule has 4 fully saturated rings. The lowest BCUT2D eigenvalue weighted by Gasteiger charge is -2.61. The molecule has 0 heterocycles. The molecule has 4 bridgehead atoms. The lowest BCUT2D eigenvalue weighted by atomic mass is 9.43. The zero-order chi connectivity index (χ0) is 44.9. The highest BCUT2D eigenvalue weighted by molar-refractivity contribution is 5.99. The first-order chi connectivity index (χ1) is 33.5. The second-order valence-corrected chi connectivity index (χ2v) is 20.6. The summed E-state index contributed by atoms with van der Waals surface area (Å²) in [5.74, 6) is 2.93. The van der Waals surface area contributed by atoms with Gasteiger partial charge in [0.25, 0.3) is 0 Å². The number of hydrogen-bond acceptors (Lipinski definition) is 1. The van der Waals surface area contributed by atoms with Gasteiger partial charge in [0.05, 0.1) is 0 Å². The minimum atomic E-state index is -0.0534. The minimum Gasteiger partial charge on any atom is -0.310 e. The predicted octanol–water partition coefficient (Wildman–Crippen LogP) is 18.2. The van der Waals surface area contributed by atoms with E-state index in [-0.39, 0.29) is 5.41 Å². The Morgan fingerprint density at radius 3 is 1.66 bits per heavy atom. The average Bonchev–Trinajstić information content (AvgIpc) is 3.68. The van der Waals surface area contributed by atoms with Gasteiger partial charge < -0.3 is 4.90 Å². The summed E-state index contributed by atoms with van der Waals surface area (Å²) < 4.78 is 0. The van der Waals surface area contributed by atoms with Gasteiger partial charge in [-0.15, -0.1) is 0 Å². The van der Waals surface area contributed by atoms with Gasteiger partial charge in [-0.2, -0.15) is 0 Å². The first-order valence-corrected chi connectivity index (χ1v) is 25.0. The van der Waals surface area contributed by atoms with Crippen molar-refractivity contribution in [2.24, 2.45) is 23.7 Å². The molecule has 1 nitrogen and oxygen atoms in total. The molecule has 0 aromatic heterocycles.